The van der Waals surface area contributed by atoms with Crippen LogP contribution in [0, 0.1) is 0 Å². The Morgan fingerprint density at radius 3 is 2.71 bits per heavy atom. The van der Waals surface area contributed by atoms with Gasteiger partial charge in [0.1, 0.15) is 5.56 Å². The first-order chi connectivity index (χ1) is 6.57. The standard InChI is InChI=1S/C7H9N3O4/c1-2-13-7(12)4-3(6(9)11)5(8)10-14-4/h2H2,1H3,(H2,8,10)(H2,9,11). The van der Waals surface area contributed by atoms with Crippen LogP contribution < -0.4 is 11.5 Å². The van der Waals surface area contributed by atoms with E-state index in [2.05, 4.69) is 14.4 Å². The van der Waals surface area contributed by atoms with E-state index in [1.165, 1.54) is 0 Å². The van der Waals surface area contributed by atoms with E-state index >= 15 is 0 Å². The number of hydrogen-bond donors (Lipinski definition) is 2. The van der Waals surface area contributed by atoms with Gasteiger partial charge in [-0.25, -0.2) is 4.79 Å². The zero-order chi connectivity index (χ0) is 10.7. The summed E-state index contributed by atoms with van der Waals surface area (Å²) in [4.78, 5) is 22.0. The second-order valence-electron chi connectivity index (χ2n) is 2.36. The molecule has 0 spiro atoms. The molecule has 0 fully saturated rings. The van der Waals surface area contributed by atoms with Crippen molar-refractivity contribution in [2.24, 2.45) is 5.73 Å². The van der Waals surface area contributed by atoms with Crippen molar-refractivity contribution in [2.75, 3.05) is 12.3 Å². The molecule has 0 aliphatic carbocycles. The van der Waals surface area contributed by atoms with Crippen LogP contribution in [-0.2, 0) is 4.74 Å². The molecule has 76 valence electrons. The summed E-state index contributed by atoms with van der Waals surface area (Å²) in [6.07, 6.45) is 0. The lowest BCUT2D eigenvalue weighted by Crippen LogP contribution is -2.17. The van der Waals surface area contributed by atoms with Crippen LogP contribution in [0.25, 0.3) is 0 Å². The van der Waals surface area contributed by atoms with Crippen molar-refractivity contribution < 1.29 is 18.8 Å². The number of anilines is 1. The fourth-order valence-corrected chi connectivity index (χ4v) is 0.877. The molecule has 14 heavy (non-hydrogen) atoms. The fourth-order valence-electron chi connectivity index (χ4n) is 0.877. The number of aromatic nitrogens is 1. The van der Waals surface area contributed by atoms with Gasteiger partial charge in [-0.05, 0) is 6.92 Å². The monoisotopic (exact) mass is 199 g/mol. The smallest absolute Gasteiger partial charge is 0.378 e. The van der Waals surface area contributed by atoms with Crippen LogP contribution in [0.15, 0.2) is 4.52 Å². The van der Waals surface area contributed by atoms with Gasteiger partial charge in [0.25, 0.3) is 11.7 Å². The highest BCUT2D eigenvalue weighted by Gasteiger charge is 2.25. The number of primary amides is 1. The second kappa shape index (κ2) is 3.77. The Morgan fingerprint density at radius 1 is 1.57 bits per heavy atom. The average Bonchev–Trinajstić information content (AvgIpc) is 2.47. The van der Waals surface area contributed by atoms with E-state index < -0.39 is 11.9 Å². The van der Waals surface area contributed by atoms with Gasteiger partial charge >= 0.3 is 5.97 Å². The van der Waals surface area contributed by atoms with Gasteiger partial charge in [-0.15, -0.1) is 0 Å². The van der Waals surface area contributed by atoms with Gasteiger partial charge in [0.05, 0.1) is 6.61 Å². The Hall–Kier alpha value is -2.05. The van der Waals surface area contributed by atoms with Crippen molar-refractivity contribution in [1.82, 2.24) is 5.16 Å². The van der Waals surface area contributed by atoms with Gasteiger partial charge in [-0.3, -0.25) is 4.79 Å². The third-order valence-corrected chi connectivity index (χ3v) is 1.43. The summed E-state index contributed by atoms with van der Waals surface area (Å²) in [5.74, 6) is -2.28. The highest BCUT2D eigenvalue weighted by Crippen LogP contribution is 2.16. The maximum atomic E-state index is 11.2. The zero-order valence-corrected chi connectivity index (χ0v) is 7.44. The quantitative estimate of drug-likeness (QED) is 0.634. The van der Waals surface area contributed by atoms with E-state index in [9.17, 15) is 9.59 Å². The molecule has 1 aromatic heterocycles. The van der Waals surface area contributed by atoms with Crippen LogP contribution in [0.2, 0.25) is 0 Å². The molecule has 0 bridgehead atoms. The summed E-state index contributed by atoms with van der Waals surface area (Å²) in [6.45, 7) is 1.76. The lowest BCUT2D eigenvalue weighted by atomic mass is 10.2. The lowest BCUT2D eigenvalue weighted by Gasteiger charge is -1.97. The number of carbonyl (C=O) groups is 2. The summed E-state index contributed by atoms with van der Waals surface area (Å²) < 4.78 is 9.12. The molecule has 7 nitrogen and oxygen atoms in total. The van der Waals surface area contributed by atoms with Gasteiger partial charge in [-0.1, -0.05) is 5.16 Å². The minimum absolute atomic E-state index is 0.150. The summed E-state index contributed by atoms with van der Waals surface area (Å²) in [6, 6.07) is 0. The Labute approximate surface area is 79.0 Å². The molecular weight excluding hydrogens is 190 g/mol. The van der Waals surface area contributed by atoms with Crippen LogP contribution in [-0.4, -0.2) is 23.6 Å². The number of esters is 1. The Morgan fingerprint density at radius 2 is 2.21 bits per heavy atom. The minimum atomic E-state index is -0.883. The third-order valence-electron chi connectivity index (χ3n) is 1.43. The maximum Gasteiger partial charge on any atom is 0.378 e. The molecule has 0 radical (unpaired) electrons. The normalized spacial score (nSPS) is 9.79. The molecule has 1 heterocycles. The van der Waals surface area contributed by atoms with E-state index in [1.807, 2.05) is 0 Å². The molecule has 1 aromatic rings. The molecule has 0 saturated heterocycles. The van der Waals surface area contributed by atoms with Crippen LogP contribution in [0.3, 0.4) is 0 Å². The van der Waals surface area contributed by atoms with E-state index in [1.54, 1.807) is 6.92 Å². The first-order valence-electron chi connectivity index (χ1n) is 3.80. The predicted octanol–water partition coefficient (Wildman–Crippen LogP) is -0.468. The first kappa shape index (κ1) is 10.0. The Bertz CT molecular complexity index is 371. The first-order valence-corrected chi connectivity index (χ1v) is 3.80. The summed E-state index contributed by atoms with van der Waals surface area (Å²) in [5.41, 5.74) is 9.98. The number of carbonyl (C=O) groups excluding carboxylic acids is 2. The van der Waals surface area contributed by atoms with Gasteiger partial charge in [0.15, 0.2) is 5.82 Å². The number of nitrogen functional groups attached to an aromatic ring is 1. The minimum Gasteiger partial charge on any atom is -0.460 e. The number of amides is 1. The van der Waals surface area contributed by atoms with E-state index in [4.69, 9.17) is 11.5 Å². The van der Waals surface area contributed by atoms with Crippen LogP contribution in [0.1, 0.15) is 27.8 Å². The number of rotatable bonds is 3. The van der Waals surface area contributed by atoms with E-state index in [0.717, 1.165) is 0 Å². The number of hydrogen-bond acceptors (Lipinski definition) is 6. The van der Waals surface area contributed by atoms with Crippen molar-refractivity contribution in [1.29, 1.82) is 0 Å². The van der Waals surface area contributed by atoms with Gasteiger partial charge in [0.2, 0.25) is 0 Å². The Kier molecular flexibility index (Phi) is 2.70. The average molecular weight is 199 g/mol. The zero-order valence-electron chi connectivity index (χ0n) is 7.44. The van der Waals surface area contributed by atoms with Crippen molar-refractivity contribution in [3.63, 3.8) is 0 Å². The summed E-state index contributed by atoms with van der Waals surface area (Å²) >= 11 is 0. The van der Waals surface area contributed by atoms with Crippen molar-refractivity contribution >= 4 is 17.7 Å². The SMILES string of the molecule is CCOC(=O)c1onc(N)c1C(N)=O. The molecule has 0 unspecified atom stereocenters. The molecule has 1 rings (SSSR count). The molecule has 0 aromatic carbocycles. The van der Waals surface area contributed by atoms with Crippen molar-refractivity contribution in [2.45, 2.75) is 6.92 Å². The largest absolute Gasteiger partial charge is 0.460 e. The number of nitrogens with two attached hydrogens (primary N) is 2. The van der Waals surface area contributed by atoms with Gasteiger partial charge in [-0.2, -0.15) is 0 Å². The molecule has 0 aliphatic heterocycles. The molecule has 0 atom stereocenters. The number of nitrogens with zero attached hydrogens (tertiary/aromatic N) is 1. The van der Waals surface area contributed by atoms with Crippen LogP contribution in [0.4, 0.5) is 5.82 Å². The molecular formula is C7H9N3O4. The van der Waals surface area contributed by atoms with Crippen molar-refractivity contribution in [3.05, 3.63) is 11.3 Å². The third kappa shape index (κ3) is 1.65. The fraction of sp³-hybridized carbons (Fsp3) is 0.286. The van der Waals surface area contributed by atoms with Gasteiger partial charge in [0, 0.05) is 0 Å². The van der Waals surface area contributed by atoms with E-state index in [-0.39, 0.29) is 23.7 Å². The predicted molar refractivity (Wildman–Crippen MR) is 45.4 cm³/mol. The second-order valence-corrected chi connectivity index (χ2v) is 2.36. The lowest BCUT2D eigenvalue weighted by molar-refractivity contribution is 0.0476. The molecule has 4 N–H and O–H groups in total. The van der Waals surface area contributed by atoms with E-state index in [0.29, 0.717) is 0 Å². The highest BCUT2D eigenvalue weighted by atomic mass is 16.6. The summed E-state index contributed by atoms with van der Waals surface area (Å²) in [7, 11) is 0. The van der Waals surface area contributed by atoms with Gasteiger partial charge < -0.3 is 20.7 Å². The maximum absolute atomic E-state index is 11.2. The van der Waals surface area contributed by atoms with Crippen molar-refractivity contribution in [3.8, 4) is 0 Å². The topological polar surface area (TPSA) is 121 Å². The highest BCUT2D eigenvalue weighted by molar-refractivity contribution is 6.06. The summed E-state index contributed by atoms with van der Waals surface area (Å²) in [5, 5.41) is 3.24. The molecule has 1 amide bonds. The van der Waals surface area contributed by atoms with Crippen LogP contribution >= 0.6 is 0 Å². The molecule has 0 saturated carbocycles. The van der Waals surface area contributed by atoms with Crippen LogP contribution in [0.5, 0.6) is 0 Å². The number of ether oxygens (including phenoxy) is 1. The molecule has 7 heteroatoms. The molecule has 0 aliphatic rings. The Balaban J connectivity index is 3.09.